The van der Waals surface area contributed by atoms with Gasteiger partial charge in [-0.25, -0.2) is 0 Å². The fraction of sp³-hybridized carbons (Fsp3) is 0.188. The number of hydrogen-bond donors (Lipinski definition) is 1. The molecule has 1 saturated heterocycles. The first kappa shape index (κ1) is 14.6. The van der Waals surface area contributed by atoms with Crippen molar-refractivity contribution in [3.05, 3.63) is 52.0 Å². The van der Waals surface area contributed by atoms with Gasteiger partial charge in [0.15, 0.2) is 11.5 Å². The van der Waals surface area contributed by atoms with E-state index < -0.39 is 6.04 Å². The Hall–Kier alpha value is -1.95. The van der Waals surface area contributed by atoms with Gasteiger partial charge in [0.2, 0.25) is 12.7 Å². The molecule has 0 unspecified atom stereocenters. The minimum atomic E-state index is -0.640. The topological polar surface area (TPSA) is 64.8 Å². The molecule has 2 aromatic rings. The molecule has 2 heterocycles. The molecule has 2 atom stereocenters. The first-order valence-electron chi connectivity index (χ1n) is 6.99. The number of amides is 1. The van der Waals surface area contributed by atoms with Gasteiger partial charge in [0, 0.05) is 21.8 Å². The summed E-state index contributed by atoms with van der Waals surface area (Å²) < 4.78 is 10.7. The summed E-state index contributed by atoms with van der Waals surface area (Å²) >= 11 is 12.2. The van der Waals surface area contributed by atoms with Crippen LogP contribution >= 0.6 is 23.2 Å². The average molecular weight is 351 g/mol. The fourth-order valence-electron chi connectivity index (χ4n) is 2.91. The molecule has 1 fully saturated rings. The Morgan fingerprint density at radius 2 is 1.87 bits per heavy atom. The Kier molecular flexibility index (Phi) is 3.37. The number of carbonyl (C=O) groups excluding carboxylic acids is 1. The number of hydrogen-bond acceptors (Lipinski definition) is 4. The highest BCUT2D eigenvalue weighted by atomic mass is 35.5. The van der Waals surface area contributed by atoms with Gasteiger partial charge in [-0.3, -0.25) is 4.79 Å². The van der Waals surface area contributed by atoms with E-state index in [1.807, 2.05) is 0 Å². The lowest BCUT2D eigenvalue weighted by Crippen LogP contribution is -2.63. The van der Waals surface area contributed by atoms with Crippen LogP contribution in [0.3, 0.4) is 0 Å². The van der Waals surface area contributed by atoms with Crippen LogP contribution in [-0.4, -0.2) is 18.7 Å². The Labute approximate surface area is 142 Å². The highest BCUT2D eigenvalue weighted by Gasteiger charge is 2.47. The maximum absolute atomic E-state index is 12.3. The number of nitrogens with two attached hydrogens (primary N) is 1. The van der Waals surface area contributed by atoms with Crippen LogP contribution in [0, 0.1) is 0 Å². The second-order valence-corrected chi connectivity index (χ2v) is 6.23. The minimum absolute atomic E-state index is 0.167. The second kappa shape index (κ2) is 5.30. The maximum atomic E-state index is 12.3. The maximum Gasteiger partial charge on any atom is 0.247 e. The third-order valence-electron chi connectivity index (χ3n) is 4.06. The molecular weight excluding hydrogens is 339 g/mol. The van der Waals surface area contributed by atoms with E-state index in [9.17, 15) is 4.79 Å². The van der Waals surface area contributed by atoms with E-state index in [-0.39, 0.29) is 18.7 Å². The summed E-state index contributed by atoms with van der Waals surface area (Å²) in [6.07, 6.45) is 0. The van der Waals surface area contributed by atoms with Crippen molar-refractivity contribution in [3.63, 3.8) is 0 Å². The van der Waals surface area contributed by atoms with Gasteiger partial charge in [-0.05, 0) is 29.8 Å². The van der Waals surface area contributed by atoms with Crippen molar-refractivity contribution in [2.45, 2.75) is 12.1 Å². The zero-order valence-corrected chi connectivity index (χ0v) is 13.3. The highest BCUT2D eigenvalue weighted by molar-refractivity contribution is 6.35. The molecule has 2 aromatic carbocycles. The van der Waals surface area contributed by atoms with Gasteiger partial charge < -0.3 is 20.1 Å². The van der Waals surface area contributed by atoms with Crippen molar-refractivity contribution in [3.8, 4) is 11.5 Å². The van der Waals surface area contributed by atoms with Crippen LogP contribution in [-0.2, 0) is 4.79 Å². The summed E-state index contributed by atoms with van der Waals surface area (Å²) in [4.78, 5) is 13.9. The highest BCUT2D eigenvalue weighted by Crippen LogP contribution is 2.44. The number of anilines is 1. The summed E-state index contributed by atoms with van der Waals surface area (Å²) in [5, 5.41) is 1.02. The predicted molar refractivity (Wildman–Crippen MR) is 87.2 cm³/mol. The summed E-state index contributed by atoms with van der Waals surface area (Å²) in [5.41, 5.74) is 7.46. The number of ether oxygens (including phenoxy) is 2. The zero-order chi connectivity index (χ0) is 16.1. The van der Waals surface area contributed by atoms with Crippen LogP contribution < -0.4 is 20.1 Å². The Morgan fingerprint density at radius 1 is 1.09 bits per heavy atom. The van der Waals surface area contributed by atoms with Crippen LogP contribution in [0.4, 0.5) is 5.69 Å². The van der Waals surface area contributed by atoms with Crippen molar-refractivity contribution in [2.75, 3.05) is 11.7 Å². The number of nitrogens with zero attached hydrogens (tertiary/aromatic N) is 1. The molecule has 2 aliphatic rings. The molecule has 4 rings (SSSR count). The normalized spacial score (nSPS) is 22.2. The molecule has 0 saturated carbocycles. The van der Waals surface area contributed by atoms with Crippen LogP contribution in [0.2, 0.25) is 10.0 Å². The third kappa shape index (κ3) is 2.24. The van der Waals surface area contributed by atoms with Gasteiger partial charge >= 0.3 is 0 Å². The molecule has 0 bridgehead atoms. The third-order valence-corrected chi connectivity index (χ3v) is 4.62. The molecule has 0 spiro atoms. The lowest BCUT2D eigenvalue weighted by molar-refractivity contribution is -0.126. The molecule has 118 valence electrons. The van der Waals surface area contributed by atoms with Crippen LogP contribution in [0.25, 0.3) is 0 Å². The van der Waals surface area contributed by atoms with E-state index in [4.69, 9.17) is 38.4 Å². The Morgan fingerprint density at radius 3 is 2.65 bits per heavy atom. The second-order valence-electron chi connectivity index (χ2n) is 5.38. The molecule has 5 nitrogen and oxygen atoms in total. The van der Waals surface area contributed by atoms with Gasteiger partial charge in [-0.2, -0.15) is 0 Å². The summed E-state index contributed by atoms with van der Waals surface area (Å²) in [6, 6.07) is 9.53. The first-order valence-corrected chi connectivity index (χ1v) is 7.75. The fourth-order valence-corrected chi connectivity index (χ4v) is 3.43. The van der Waals surface area contributed by atoms with Gasteiger partial charge in [0.25, 0.3) is 0 Å². The van der Waals surface area contributed by atoms with Crippen molar-refractivity contribution in [1.82, 2.24) is 0 Å². The van der Waals surface area contributed by atoms with Crippen molar-refractivity contribution >= 4 is 34.8 Å². The van der Waals surface area contributed by atoms with Crippen LogP contribution in [0.1, 0.15) is 11.6 Å². The zero-order valence-electron chi connectivity index (χ0n) is 11.8. The van der Waals surface area contributed by atoms with Gasteiger partial charge in [-0.15, -0.1) is 0 Å². The average Bonchev–Trinajstić information content (AvgIpc) is 3.00. The number of benzene rings is 2. The van der Waals surface area contributed by atoms with Crippen molar-refractivity contribution < 1.29 is 14.3 Å². The SMILES string of the molecule is N[C@H]1C(=O)N(c2ccc3c(c2)OCO3)[C@@H]1c1ccc(Cl)cc1Cl. The monoisotopic (exact) mass is 350 g/mol. The molecule has 0 aromatic heterocycles. The number of carbonyl (C=O) groups is 1. The molecule has 7 heteroatoms. The molecule has 0 radical (unpaired) electrons. The number of β-lactam (4-membered cyclic amide) rings is 1. The van der Waals surface area contributed by atoms with E-state index >= 15 is 0 Å². The summed E-state index contributed by atoms with van der Waals surface area (Å²) in [6.45, 7) is 0.179. The molecule has 1 amide bonds. The smallest absolute Gasteiger partial charge is 0.247 e. The van der Waals surface area contributed by atoms with E-state index in [0.29, 0.717) is 27.2 Å². The number of rotatable bonds is 2. The molecule has 0 aliphatic carbocycles. The van der Waals surface area contributed by atoms with Crippen molar-refractivity contribution in [2.24, 2.45) is 5.73 Å². The summed E-state index contributed by atoms with van der Waals surface area (Å²) in [5.74, 6) is 1.10. The Balaban J connectivity index is 1.73. The molecule has 2 aliphatic heterocycles. The van der Waals surface area contributed by atoms with E-state index in [2.05, 4.69) is 0 Å². The predicted octanol–water partition coefficient (Wildman–Crippen LogP) is 3.14. The van der Waals surface area contributed by atoms with Crippen LogP contribution in [0.5, 0.6) is 11.5 Å². The van der Waals surface area contributed by atoms with E-state index in [1.165, 1.54) is 0 Å². The van der Waals surface area contributed by atoms with Gasteiger partial charge in [0.1, 0.15) is 6.04 Å². The molecule has 2 N–H and O–H groups in total. The lowest BCUT2D eigenvalue weighted by Gasteiger charge is -2.45. The quantitative estimate of drug-likeness (QED) is 0.845. The van der Waals surface area contributed by atoms with Gasteiger partial charge in [-0.1, -0.05) is 29.3 Å². The summed E-state index contributed by atoms with van der Waals surface area (Å²) in [7, 11) is 0. The van der Waals surface area contributed by atoms with Crippen molar-refractivity contribution in [1.29, 1.82) is 0 Å². The van der Waals surface area contributed by atoms with Crippen LogP contribution in [0.15, 0.2) is 36.4 Å². The minimum Gasteiger partial charge on any atom is -0.454 e. The Bertz CT molecular complexity index is 812. The van der Waals surface area contributed by atoms with Gasteiger partial charge in [0.05, 0.1) is 6.04 Å². The standard InChI is InChI=1S/C16H12Cl2N2O3/c17-8-1-3-10(11(18)5-8)15-14(19)16(21)20(15)9-2-4-12-13(6-9)23-7-22-12/h1-6,14-15H,7,19H2/t14-,15-/m1/s1. The first-order chi connectivity index (χ1) is 11.1. The van der Waals surface area contributed by atoms with E-state index in [0.717, 1.165) is 5.56 Å². The van der Waals surface area contributed by atoms with E-state index in [1.54, 1.807) is 41.3 Å². The molecule has 23 heavy (non-hydrogen) atoms. The number of fused-ring (bicyclic) bond motifs is 1. The lowest BCUT2D eigenvalue weighted by atomic mass is 9.88. The molecular formula is C16H12Cl2N2O3. The largest absolute Gasteiger partial charge is 0.454 e. The number of halogens is 2.